The van der Waals surface area contributed by atoms with E-state index in [4.69, 9.17) is 5.73 Å². The Kier molecular flexibility index (Phi) is 7.38. The number of nitrogens with two attached hydrogens (primary N) is 1. The standard InChI is InChI=1S/C18H30N4O2/c1-18(2,3)15(19)17(24)21-12-13-7-6-8-14(11-13)16(23)20-9-10-22(4)5/h6-8,11,15H,9-10,12,19H2,1-5H3,(H,20,23)(H,21,24)/t15-/m1/s1. The van der Waals surface area contributed by atoms with Gasteiger partial charge in [0.25, 0.3) is 5.91 Å². The molecule has 24 heavy (non-hydrogen) atoms. The Morgan fingerprint density at radius 1 is 1.21 bits per heavy atom. The number of hydrogen-bond donors (Lipinski definition) is 3. The lowest BCUT2D eigenvalue weighted by molar-refractivity contribution is -0.124. The fraction of sp³-hybridized carbons (Fsp3) is 0.556. The average Bonchev–Trinajstić information content (AvgIpc) is 2.50. The van der Waals surface area contributed by atoms with Crippen molar-refractivity contribution in [2.45, 2.75) is 33.4 Å². The van der Waals surface area contributed by atoms with Gasteiger partial charge in [0.1, 0.15) is 0 Å². The van der Waals surface area contributed by atoms with E-state index in [9.17, 15) is 9.59 Å². The molecule has 1 aromatic carbocycles. The molecular formula is C18H30N4O2. The van der Waals surface area contributed by atoms with Crippen molar-refractivity contribution in [3.63, 3.8) is 0 Å². The number of carbonyl (C=O) groups is 2. The van der Waals surface area contributed by atoms with Crippen molar-refractivity contribution in [3.8, 4) is 0 Å². The predicted octanol–water partition coefficient (Wildman–Crippen LogP) is 0.968. The second kappa shape index (κ2) is 8.80. The zero-order valence-electron chi connectivity index (χ0n) is 15.3. The molecule has 134 valence electrons. The summed E-state index contributed by atoms with van der Waals surface area (Å²) in [7, 11) is 3.91. The molecule has 2 amide bonds. The third kappa shape index (κ3) is 6.68. The van der Waals surface area contributed by atoms with Crippen LogP contribution >= 0.6 is 0 Å². The lowest BCUT2D eigenvalue weighted by Gasteiger charge is -2.25. The van der Waals surface area contributed by atoms with Gasteiger partial charge in [-0.05, 0) is 37.2 Å². The lowest BCUT2D eigenvalue weighted by atomic mass is 9.87. The van der Waals surface area contributed by atoms with Crippen molar-refractivity contribution in [2.75, 3.05) is 27.2 Å². The quantitative estimate of drug-likeness (QED) is 0.693. The van der Waals surface area contributed by atoms with Crippen LogP contribution in [0.4, 0.5) is 0 Å². The number of rotatable bonds is 7. The van der Waals surface area contributed by atoms with Gasteiger partial charge in [-0.1, -0.05) is 32.9 Å². The summed E-state index contributed by atoms with van der Waals surface area (Å²) in [4.78, 5) is 26.2. The third-order valence-corrected chi connectivity index (χ3v) is 3.72. The normalized spacial score (nSPS) is 12.8. The highest BCUT2D eigenvalue weighted by molar-refractivity contribution is 5.94. The second-order valence-corrected chi connectivity index (χ2v) is 7.32. The molecule has 0 unspecified atom stereocenters. The molecule has 4 N–H and O–H groups in total. The Morgan fingerprint density at radius 3 is 2.46 bits per heavy atom. The van der Waals surface area contributed by atoms with Crippen LogP contribution in [-0.2, 0) is 11.3 Å². The Bertz CT molecular complexity index is 564. The molecule has 0 heterocycles. The van der Waals surface area contributed by atoms with E-state index in [1.54, 1.807) is 12.1 Å². The smallest absolute Gasteiger partial charge is 0.251 e. The average molecular weight is 334 g/mol. The summed E-state index contributed by atoms with van der Waals surface area (Å²) in [5.41, 5.74) is 7.09. The van der Waals surface area contributed by atoms with Gasteiger partial charge in [-0.2, -0.15) is 0 Å². The number of likely N-dealkylation sites (N-methyl/N-ethyl adjacent to an activating group) is 1. The lowest BCUT2D eigenvalue weighted by Crippen LogP contribution is -2.48. The second-order valence-electron chi connectivity index (χ2n) is 7.32. The topological polar surface area (TPSA) is 87.5 Å². The molecule has 0 saturated carbocycles. The monoisotopic (exact) mass is 334 g/mol. The highest BCUT2D eigenvalue weighted by Gasteiger charge is 2.27. The maximum atomic E-state index is 12.1. The number of nitrogens with one attached hydrogen (secondary N) is 2. The first kappa shape index (κ1) is 20.1. The van der Waals surface area contributed by atoms with Gasteiger partial charge in [0.15, 0.2) is 0 Å². The molecule has 1 rings (SSSR count). The van der Waals surface area contributed by atoms with E-state index in [1.807, 2.05) is 51.9 Å². The van der Waals surface area contributed by atoms with Crippen LogP contribution in [0.5, 0.6) is 0 Å². The third-order valence-electron chi connectivity index (χ3n) is 3.72. The van der Waals surface area contributed by atoms with Crippen LogP contribution in [0, 0.1) is 5.41 Å². The molecule has 0 saturated heterocycles. The van der Waals surface area contributed by atoms with E-state index in [2.05, 4.69) is 10.6 Å². The van der Waals surface area contributed by atoms with E-state index >= 15 is 0 Å². The molecule has 6 nitrogen and oxygen atoms in total. The first-order valence-electron chi connectivity index (χ1n) is 8.16. The maximum absolute atomic E-state index is 12.1. The van der Waals surface area contributed by atoms with Gasteiger partial charge in [-0.3, -0.25) is 9.59 Å². The minimum atomic E-state index is -0.574. The summed E-state index contributed by atoms with van der Waals surface area (Å²) in [6.07, 6.45) is 0. The Hall–Kier alpha value is -1.92. The van der Waals surface area contributed by atoms with Crippen LogP contribution in [0.3, 0.4) is 0 Å². The molecule has 0 spiro atoms. The number of amides is 2. The Labute approximate surface area is 144 Å². The minimum absolute atomic E-state index is 0.114. The minimum Gasteiger partial charge on any atom is -0.351 e. The van der Waals surface area contributed by atoms with Crippen molar-refractivity contribution < 1.29 is 9.59 Å². The summed E-state index contributed by atoms with van der Waals surface area (Å²) >= 11 is 0. The number of carbonyl (C=O) groups excluding carboxylic acids is 2. The summed E-state index contributed by atoms with van der Waals surface area (Å²) in [6, 6.07) is 6.66. The number of nitrogens with zero attached hydrogens (tertiary/aromatic N) is 1. The van der Waals surface area contributed by atoms with Crippen LogP contribution in [-0.4, -0.2) is 49.9 Å². The van der Waals surface area contributed by atoms with Crippen molar-refractivity contribution >= 4 is 11.8 Å². The zero-order chi connectivity index (χ0) is 18.3. The van der Waals surface area contributed by atoms with Gasteiger partial charge in [-0.15, -0.1) is 0 Å². The number of benzene rings is 1. The van der Waals surface area contributed by atoms with Crippen molar-refractivity contribution in [1.82, 2.24) is 15.5 Å². The van der Waals surface area contributed by atoms with E-state index in [1.165, 1.54) is 0 Å². The fourth-order valence-electron chi connectivity index (χ4n) is 2.01. The summed E-state index contributed by atoms with van der Waals surface area (Å²) in [6.45, 7) is 7.50. The van der Waals surface area contributed by atoms with Gasteiger partial charge in [0, 0.05) is 25.2 Å². The highest BCUT2D eigenvalue weighted by Crippen LogP contribution is 2.17. The maximum Gasteiger partial charge on any atom is 0.251 e. The van der Waals surface area contributed by atoms with Gasteiger partial charge >= 0.3 is 0 Å². The van der Waals surface area contributed by atoms with Crippen LogP contribution in [0.1, 0.15) is 36.7 Å². The van der Waals surface area contributed by atoms with E-state index < -0.39 is 6.04 Å². The van der Waals surface area contributed by atoms with Crippen LogP contribution in [0.15, 0.2) is 24.3 Å². The number of hydrogen-bond acceptors (Lipinski definition) is 4. The van der Waals surface area contributed by atoms with Gasteiger partial charge in [0.2, 0.25) is 5.91 Å². The molecule has 0 aliphatic heterocycles. The fourth-order valence-corrected chi connectivity index (χ4v) is 2.01. The van der Waals surface area contributed by atoms with Crippen molar-refractivity contribution in [2.24, 2.45) is 11.1 Å². The van der Waals surface area contributed by atoms with Gasteiger partial charge in [0.05, 0.1) is 6.04 Å². The summed E-state index contributed by atoms with van der Waals surface area (Å²) < 4.78 is 0. The van der Waals surface area contributed by atoms with E-state index in [0.29, 0.717) is 18.7 Å². The van der Waals surface area contributed by atoms with Crippen LogP contribution in [0.25, 0.3) is 0 Å². The zero-order valence-corrected chi connectivity index (χ0v) is 15.3. The molecule has 0 radical (unpaired) electrons. The van der Waals surface area contributed by atoms with Crippen molar-refractivity contribution in [1.29, 1.82) is 0 Å². The first-order valence-corrected chi connectivity index (χ1v) is 8.16. The molecule has 0 bridgehead atoms. The van der Waals surface area contributed by atoms with Crippen LogP contribution < -0.4 is 16.4 Å². The molecule has 0 aromatic heterocycles. The summed E-state index contributed by atoms with van der Waals surface area (Å²) in [5.74, 6) is -0.306. The SMILES string of the molecule is CN(C)CCNC(=O)c1cccc(CNC(=O)[C@@H](N)C(C)(C)C)c1. The molecule has 6 heteroatoms. The molecule has 0 aliphatic carbocycles. The highest BCUT2D eigenvalue weighted by atomic mass is 16.2. The van der Waals surface area contributed by atoms with E-state index in [-0.39, 0.29) is 17.2 Å². The van der Waals surface area contributed by atoms with Gasteiger partial charge < -0.3 is 21.3 Å². The summed E-state index contributed by atoms with van der Waals surface area (Å²) in [5, 5.41) is 5.70. The van der Waals surface area contributed by atoms with Crippen molar-refractivity contribution in [3.05, 3.63) is 35.4 Å². The van der Waals surface area contributed by atoms with Gasteiger partial charge in [-0.25, -0.2) is 0 Å². The largest absolute Gasteiger partial charge is 0.351 e. The van der Waals surface area contributed by atoms with E-state index in [0.717, 1.165) is 12.1 Å². The molecule has 0 fully saturated rings. The Morgan fingerprint density at radius 2 is 1.88 bits per heavy atom. The Balaban J connectivity index is 2.59. The molecular weight excluding hydrogens is 304 g/mol. The molecule has 1 atom stereocenters. The predicted molar refractivity (Wildman–Crippen MR) is 96.6 cm³/mol. The first-order chi connectivity index (χ1) is 11.1. The van der Waals surface area contributed by atoms with Crippen LogP contribution in [0.2, 0.25) is 0 Å². The molecule has 1 aromatic rings. The molecule has 0 aliphatic rings.